The summed E-state index contributed by atoms with van der Waals surface area (Å²) in [6.07, 6.45) is -6.99. The third-order valence-electron chi connectivity index (χ3n) is 5.02. The van der Waals surface area contributed by atoms with Gasteiger partial charge < -0.3 is 35.4 Å². The molecule has 1 amide bonds. The molecule has 1 saturated heterocycles. The monoisotopic (exact) mass is 500 g/mol. The van der Waals surface area contributed by atoms with Crippen LogP contribution in [0.15, 0.2) is 36.7 Å². The standard InChI is InChI=1S/C21H23F3N4O7/c22-21(23,24)15-7-25-8-16(28-15)27-13-9-35-14(20(33)19(13)32)6-26-17(29)5-11-2-1-3-12(4-11)34-10-18(30)31/h1-4,7-8,13-14,19-20,32-33H,5-6,9-10H2,(H,26,29)(H,27,28)(H,30,31)/t13-,14+,19+,20-/m0/s1. The maximum Gasteiger partial charge on any atom is 0.434 e. The molecule has 35 heavy (non-hydrogen) atoms. The van der Waals surface area contributed by atoms with Gasteiger partial charge in [-0.05, 0) is 17.7 Å². The van der Waals surface area contributed by atoms with Crippen LogP contribution >= 0.6 is 0 Å². The molecule has 11 nitrogen and oxygen atoms in total. The molecule has 3 rings (SSSR count). The molecule has 0 spiro atoms. The lowest BCUT2D eigenvalue weighted by Gasteiger charge is -2.38. The van der Waals surface area contributed by atoms with Gasteiger partial charge in [0.15, 0.2) is 12.3 Å². The quantitative estimate of drug-likeness (QED) is 0.322. The predicted molar refractivity (Wildman–Crippen MR) is 112 cm³/mol. The lowest BCUT2D eigenvalue weighted by molar-refractivity contribution is -0.143. The number of carbonyl (C=O) groups excluding carboxylic acids is 1. The number of aliphatic hydroxyl groups excluding tert-OH is 2. The van der Waals surface area contributed by atoms with Gasteiger partial charge in [-0.25, -0.2) is 9.78 Å². The van der Waals surface area contributed by atoms with E-state index in [0.29, 0.717) is 11.8 Å². The Balaban J connectivity index is 1.49. The predicted octanol–water partition coefficient (Wildman–Crippen LogP) is 0.219. The summed E-state index contributed by atoms with van der Waals surface area (Å²) in [5.74, 6) is -1.52. The van der Waals surface area contributed by atoms with E-state index in [0.717, 1.165) is 6.20 Å². The average Bonchev–Trinajstić information content (AvgIpc) is 2.80. The molecular weight excluding hydrogens is 477 g/mol. The number of halogens is 3. The largest absolute Gasteiger partial charge is 0.482 e. The van der Waals surface area contributed by atoms with E-state index < -0.39 is 54.7 Å². The summed E-state index contributed by atoms with van der Waals surface area (Å²) in [7, 11) is 0. The van der Waals surface area contributed by atoms with Gasteiger partial charge in [0.1, 0.15) is 29.9 Å². The molecule has 190 valence electrons. The van der Waals surface area contributed by atoms with Crippen molar-refractivity contribution in [2.24, 2.45) is 0 Å². The van der Waals surface area contributed by atoms with Crippen LogP contribution in [0, 0.1) is 0 Å². The van der Waals surface area contributed by atoms with Gasteiger partial charge in [-0.2, -0.15) is 13.2 Å². The molecule has 14 heteroatoms. The molecule has 1 aromatic carbocycles. The fraction of sp³-hybridized carbons (Fsp3) is 0.429. The van der Waals surface area contributed by atoms with Crippen molar-refractivity contribution >= 4 is 17.7 Å². The normalized spacial score (nSPS) is 22.3. The summed E-state index contributed by atoms with van der Waals surface area (Å²) in [6, 6.07) is 5.35. The third kappa shape index (κ3) is 7.50. The summed E-state index contributed by atoms with van der Waals surface area (Å²) in [6.45, 7) is -0.840. The van der Waals surface area contributed by atoms with E-state index in [1.807, 2.05) is 0 Å². The third-order valence-corrected chi connectivity index (χ3v) is 5.02. The first kappa shape index (κ1) is 26.1. The fourth-order valence-electron chi connectivity index (χ4n) is 3.30. The highest BCUT2D eigenvalue weighted by Gasteiger charge is 2.39. The number of rotatable bonds is 9. The van der Waals surface area contributed by atoms with Gasteiger partial charge in [-0.1, -0.05) is 12.1 Å². The van der Waals surface area contributed by atoms with Gasteiger partial charge in [0, 0.05) is 6.54 Å². The minimum atomic E-state index is -4.69. The number of aromatic nitrogens is 2. The zero-order chi connectivity index (χ0) is 25.6. The Hall–Kier alpha value is -3.49. The Bertz CT molecular complexity index is 1040. The van der Waals surface area contributed by atoms with E-state index in [4.69, 9.17) is 14.6 Å². The molecule has 1 fully saturated rings. The number of carbonyl (C=O) groups is 2. The van der Waals surface area contributed by atoms with E-state index in [1.54, 1.807) is 18.2 Å². The van der Waals surface area contributed by atoms with Crippen LogP contribution in [-0.4, -0.2) is 81.3 Å². The first-order chi connectivity index (χ1) is 16.5. The van der Waals surface area contributed by atoms with E-state index in [1.165, 1.54) is 6.07 Å². The second-order valence-electron chi connectivity index (χ2n) is 7.70. The highest BCUT2D eigenvalue weighted by atomic mass is 19.4. The maximum absolute atomic E-state index is 12.8. The van der Waals surface area contributed by atoms with Crippen LogP contribution in [0.1, 0.15) is 11.3 Å². The van der Waals surface area contributed by atoms with Crippen molar-refractivity contribution in [1.82, 2.24) is 15.3 Å². The number of nitrogens with one attached hydrogen (secondary N) is 2. The van der Waals surface area contributed by atoms with Crippen molar-refractivity contribution in [2.75, 3.05) is 25.1 Å². The van der Waals surface area contributed by atoms with Gasteiger partial charge in [0.05, 0.1) is 31.5 Å². The number of alkyl halides is 3. The molecule has 0 radical (unpaired) electrons. The van der Waals surface area contributed by atoms with E-state index in [9.17, 15) is 33.0 Å². The number of hydrogen-bond donors (Lipinski definition) is 5. The van der Waals surface area contributed by atoms with Crippen molar-refractivity contribution in [1.29, 1.82) is 0 Å². The number of amides is 1. The van der Waals surface area contributed by atoms with E-state index in [2.05, 4.69) is 20.6 Å². The average molecular weight is 500 g/mol. The number of hydrogen-bond acceptors (Lipinski definition) is 9. The summed E-state index contributed by atoms with van der Waals surface area (Å²) in [5, 5.41) is 34.6. The van der Waals surface area contributed by atoms with Crippen LogP contribution in [-0.2, 0) is 26.9 Å². The number of ether oxygens (including phenoxy) is 2. The number of anilines is 1. The van der Waals surface area contributed by atoms with Crippen molar-refractivity contribution in [2.45, 2.75) is 37.0 Å². The molecule has 0 bridgehead atoms. The second-order valence-corrected chi connectivity index (χ2v) is 7.70. The fourth-order valence-corrected chi connectivity index (χ4v) is 3.30. The van der Waals surface area contributed by atoms with Gasteiger partial charge in [0.2, 0.25) is 5.91 Å². The lowest BCUT2D eigenvalue weighted by Crippen LogP contribution is -2.58. The van der Waals surface area contributed by atoms with Crippen LogP contribution in [0.2, 0.25) is 0 Å². The molecule has 4 atom stereocenters. The van der Waals surface area contributed by atoms with Crippen LogP contribution in [0.4, 0.5) is 19.0 Å². The number of aliphatic hydroxyl groups is 2. The van der Waals surface area contributed by atoms with Crippen molar-refractivity contribution in [3.05, 3.63) is 47.9 Å². The first-order valence-corrected chi connectivity index (χ1v) is 10.4. The molecule has 5 N–H and O–H groups in total. The number of aliphatic carboxylic acids is 1. The zero-order valence-corrected chi connectivity index (χ0v) is 18.1. The van der Waals surface area contributed by atoms with Crippen molar-refractivity contribution in [3.63, 3.8) is 0 Å². The molecule has 1 aromatic heterocycles. The van der Waals surface area contributed by atoms with Crippen LogP contribution in [0.3, 0.4) is 0 Å². The summed E-state index contributed by atoms with van der Waals surface area (Å²) < 4.78 is 49.0. The lowest BCUT2D eigenvalue weighted by atomic mass is 9.98. The van der Waals surface area contributed by atoms with Gasteiger partial charge in [-0.3, -0.25) is 9.78 Å². The Morgan fingerprint density at radius 3 is 2.69 bits per heavy atom. The van der Waals surface area contributed by atoms with Crippen LogP contribution in [0.5, 0.6) is 5.75 Å². The summed E-state index contributed by atoms with van der Waals surface area (Å²) in [5.41, 5.74) is -0.657. The smallest absolute Gasteiger partial charge is 0.434 e. The number of nitrogens with zero attached hydrogens (tertiary/aromatic N) is 2. The van der Waals surface area contributed by atoms with Gasteiger partial charge in [-0.15, -0.1) is 0 Å². The van der Waals surface area contributed by atoms with Gasteiger partial charge in [0.25, 0.3) is 0 Å². The van der Waals surface area contributed by atoms with Crippen LogP contribution < -0.4 is 15.4 Å². The Labute approximate surface area is 196 Å². The number of carboxylic acids is 1. The molecule has 0 aliphatic carbocycles. The molecule has 2 aromatic rings. The Morgan fingerprint density at radius 1 is 1.20 bits per heavy atom. The first-order valence-electron chi connectivity index (χ1n) is 10.4. The molecule has 1 aliphatic heterocycles. The molecule has 0 unspecified atom stereocenters. The SMILES string of the molecule is O=C(O)COc1cccc(CC(=O)NC[C@H]2OC[C@H](Nc3cncc(C(F)(F)F)n3)[C@@H](O)[C@H]2O)c1. The number of benzene rings is 1. The Morgan fingerprint density at radius 2 is 1.97 bits per heavy atom. The Kier molecular flexibility index (Phi) is 8.43. The second kappa shape index (κ2) is 11.3. The minimum Gasteiger partial charge on any atom is -0.482 e. The molecular formula is C21H23F3N4O7. The topological polar surface area (TPSA) is 163 Å². The maximum atomic E-state index is 12.8. The van der Waals surface area contributed by atoms with Crippen molar-refractivity contribution < 1.29 is 47.6 Å². The van der Waals surface area contributed by atoms with E-state index in [-0.39, 0.29) is 31.1 Å². The number of carboxylic acid groups (broad SMARTS) is 1. The van der Waals surface area contributed by atoms with Crippen LogP contribution in [0.25, 0.3) is 0 Å². The van der Waals surface area contributed by atoms with Crippen molar-refractivity contribution in [3.8, 4) is 5.75 Å². The molecule has 0 saturated carbocycles. The van der Waals surface area contributed by atoms with E-state index >= 15 is 0 Å². The summed E-state index contributed by atoms with van der Waals surface area (Å²) in [4.78, 5) is 29.7. The van der Waals surface area contributed by atoms with Gasteiger partial charge >= 0.3 is 12.1 Å². The minimum absolute atomic E-state index is 0.0615. The summed E-state index contributed by atoms with van der Waals surface area (Å²) >= 11 is 0. The zero-order valence-electron chi connectivity index (χ0n) is 18.1. The molecule has 2 heterocycles. The molecule has 1 aliphatic rings. The highest BCUT2D eigenvalue weighted by molar-refractivity contribution is 5.78. The highest BCUT2D eigenvalue weighted by Crippen LogP contribution is 2.28.